The maximum atomic E-state index is 13.3. The first-order valence-corrected chi connectivity index (χ1v) is 10.3. The molecule has 0 bridgehead atoms. The van der Waals surface area contributed by atoms with E-state index in [0.717, 1.165) is 36.3 Å². The zero-order valence-electron chi connectivity index (χ0n) is 18.1. The van der Waals surface area contributed by atoms with Crippen LogP contribution in [0.1, 0.15) is 57.4 Å². The number of carbonyl (C=O) groups is 2. The Morgan fingerprint density at radius 3 is 2.57 bits per heavy atom. The smallest absolute Gasteiger partial charge is 0.355 e. The van der Waals surface area contributed by atoms with Crippen LogP contribution >= 0.6 is 0 Å². The lowest BCUT2D eigenvalue weighted by Gasteiger charge is -2.26. The Balaban J connectivity index is 1.87. The Morgan fingerprint density at radius 1 is 1.23 bits per heavy atom. The third kappa shape index (κ3) is 4.84. The van der Waals surface area contributed by atoms with E-state index in [1.807, 2.05) is 13.8 Å². The van der Waals surface area contributed by atoms with Crippen LogP contribution in [-0.2, 0) is 16.0 Å². The van der Waals surface area contributed by atoms with Crippen LogP contribution in [0, 0.1) is 13.8 Å². The van der Waals surface area contributed by atoms with Crippen LogP contribution in [0.3, 0.4) is 0 Å². The number of amides is 1. The molecule has 2 heterocycles. The summed E-state index contributed by atoms with van der Waals surface area (Å²) in [6.45, 7) is 7.50. The number of benzene rings is 1. The molecule has 7 heteroatoms. The van der Waals surface area contributed by atoms with Gasteiger partial charge in [-0.1, -0.05) is 0 Å². The minimum absolute atomic E-state index is 0.0243. The van der Waals surface area contributed by atoms with Crippen molar-refractivity contribution in [3.8, 4) is 5.75 Å². The number of aromatic nitrogens is 1. The number of carbonyl (C=O) groups excluding carboxylic acids is 2. The van der Waals surface area contributed by atoms with E-state index in [4.69, 9.17) is 14.2 Å². The summed E-state index contributed by atoms with van der Waals surface area (Å²) in [5.41, 5.74) is 3.63. The highest BCUT2D eigenvalue weighted by atomic mass is 16.5. The molecule has 1 aromatic carbocycles. The molecular formula is C23H30N2O5. The van der Waals surface area contributed by atoms with Crippen LogP contribution in [0.25, 0.3) is 0 Å². The van der Waals surface area contributed by atoms with Gasteiger partial charge in [0.15, 0.2) is 0 Å². The first-order valence-electron chi connectivity index (χ1n) is 10.3. The first kappa shape index (κ1) is 21.9. The average molecular weight is 415 g/mol. The second-order valence-electron chi connectivity index (χ2n) is 7.50. The van der Waals surface area contributed by atoms with Gasteiger partial charge >= 0.3 is 5.97 Å². The lowest BCUT2D eigenvalue weighted by molar-refractivity contribution is 0.0506. The summed E-state index contributed by atoms with van der Waals surface area (Å²) < 4.78 is 16.1. The molecule has 0 spiro atoms. The highest BCUT2D eigenvalue weighted by Crippen LogP contribution is 2.24. The lowest BCUT2D eigenvalue weighted by atomic mass is 10.1. The van der Waals surface area contributed by atoms with Crippen molar-refractivity contribution in [3.05, 3.63) is 52.3 Å². The van der Waals surface area contributed by atoms with E-state index in [1.165, 1.54) is 0 Å². The molecule has 0 saturated carbocycles. The zero-order chi connectivity index (χ0) is 21.7. The maximum Gasteiger partial charge on any atom is 0.355 e. The van der Waals surface area contributed by atoms with Gasteiger partial charge in [0, 0.05) is 31.0 Å². The van der Waals surface area contributed by atoms with Gasteiger partial charge < -0.3 is 24.1 Å². The number of hydrogen-bond donors (Lipinski definition) is 1. The number of nitrogens with one attached hydrogen (secondary N) is 1. The Hall–Kier alpha value is -2.80. The van der Waals surface area contributed by atoms with Gasteiger partial charge in [0.05, 0.1) is 19.8 Å². The normalized spacial score (nSPS) is 15.8. The number of esters is 1. The van der Waals surface area contributed by atoms with Gasteiger partial charge in [-0.05, 0) is 69.0 Å². The average Bonchev–Trinajstić information content (AvgIpc) is 3.36. The van der Waals surface area contributed by atoms with Crippen LogP contribution in [-0.4, -0.2) is 54.7 Å². The van der Waals surface area contributed by atoms with Crippen LogP contribution in [0.5, 0.6) is 5.75 Å². The van der Waals surface area contributed by atoms with Gasteiger partial charge in [0.2, 0.25) is 0 Å². The summed E-state index contributed by atoms with van der Waals surface area (Å²) in [5, 5.41) is 0. The van der Waals surface area contributed by atoms with E-state index >= 15 is 0 Å². The van der Waals surface area contributed by atoms with Gasteiger partial charge in [-0.25, -0.2) is 4.79 Å². The van der Waals surface area contributed by atoms with E-state index in [9.17, 15) is 9.59 Å². The fourth-order valence-electron chi connectivity index (χ4n) is 3.79. The Labute approximate surface area is 177 Å². The molecule has 0 aliphatic carbocycles. The predicted molar refractivity (Wildman–Crippen MR) is 113 cm³/mol. The second kappa shape index (κ2) is 9.80. The zero-order valence-corrected chi connectivity index (χ0v) is 18.1. The minimum Gasteiger partial charge on any atom is -0.497 e. The van der Waals surface area contributed by atoms with Crippen molar-refractivity contribution in [2.24, 2.45) is 0 Å². The summed E-state index contributed by atoms with van der Waals surface area (Å²) in [4.78, 5) is 30.5. The molecule has 1 N–H and O–H groups in total. The number of rotatable bonds is 8. The number of nitrogens with zero attached hydrogens (tertiary/aromatic N) is 1. The van der Waals surface area contributed by atoms with Gasteiger partial charge in [-0.2, -0.15) is 0 Å². The topological polar surface area (TPSA) is 80.9 Å². The van der Waals surface area contributed by atoms with E-state index in [0.29, 0.717) is 36.7 Å². The fraction of sp³-hybridized carbons (Fsp3) is 0.478. The highest BCUT2D eigenvalue weighted by molar-refractivity contribution is 5.94. The van der Waals surface area contributed by atoms with Gasteiger partial charge in [0.1, 0.15) is 11.4 Å². The number of H-pyrrole nitrogens is 1. The van der Waals surface area contributed by atoms with Crippen molar-refractivity contribution in [3.63, 3.8) is 0 Å². The second-order valence-corrected chi connectivity index (χ2v) is 7.50. The summed E-state index contributed by atoms with van der Waals surface area (Å²) in [7, 11) is 1.60. The molecule has 1 aliphatic rings. The molecule has 1 amide bonds. The largest absolute Gasteiger partial charge is 0.497 e. The fourth-order valence-corrected chi connectivity index (χ4v) is 3.79. The van der Waals surface area contributed by atoms with Gasteiger partial charge in [-0.3, -0.25) is 4.79 Å². The number of aromatic amines is 1. The predicted octanol–water partition coefficient (Wildman–Crippen LogP) is 3.64. The van der Waals surface area contributed by atoms with Crippen LogP contribution in [0.4, 0.5) is 0 Å². The van der Waals surface area contributed by atoms with Crippen molar-refractivity contribution in [1.82, 2.24) is 9.88 Å². The molecular weight excluding hydrogens is 384 g/mol. The summed E-state index contributed by atoms with van der Waals surface area (Å²) in [5.74, 6) is 0.246. The summed E-state index contributed by atoms with van der Waals surface area (Å²) >= 11 is 0. The van der Waals surface area contributed by atoms with Crippen molar-refractivity contribution >= 4 is 11.9 Å². The number of hydrogen-bond acceptors (Lipinski definition) is 5. The molecule has 0 radical (unpaired) electrons. The molecule has 2 aromatic rings. The SMILES string of the molecule is CCOC(=O)c1[nH]c(C)c(CN(C[C@@H]2CCCO2)C(=O)c2ccc(OC)cc2)c1C. The third-order valence-corrected chi connectivity index (χ3v) is 5.49. The molecule has 1 saturated heterocycles. The van der Waals surface area contributed by atoms with Crippen molar-refractivity contribution < 1.29 is 23.8 Å². The molecule has 162 valence electrons. The molecule has 1 aromatic heterocycles. The molecule has 30 heavy (non-hydrogen) atoms. The Morgan fingerprint density at radius 2 is 1.97 bits per heavy atom. The molecule has 0 unspecified atom stereocenters. The number of methoxy groups -OCH3 is 1. The standard InChI is InChI=1S/C23H30N2O5/c1-5-29-23(27)21-15(2)20(16(3)24-21)14-25(13-19-7-6-12-30-19)22(26)17-8-10-18(28-4)11-9-17/h8-11,19,24H,5-7,12-14H2,1-4H3/t19-/m0/s1. The van der Waals surface area contributed by atoms with Crippen LogP contribution in [0.15, 0.2) is 24.3 Å². The number of ether oxygens (including phenoxy) is 3. The van der Waals surface area contributed by atoms with Crippen molar-refractivity contribution in [1.29, 1.82) is 0 Å². The number of aryl methyl sites for hydroxylation is 1. The Bertz CT molecular complexity index is 882. The minimum atomic E-state index is -0.378. The summed E-state index contributed by atoms with van der Waals surface area (Å²) in [6, 6.07) is 7.10. The van der Waals surface area contributed by atoms with Crippen LogP contribution in [0.2, 0.25) is 0 Å². The quantitative estimate of drug-likeness (QED) is 0.667. The van der Waals surface area contributed by atoms with Crippen LogP contribution < -0.4 is 4.74 Å². The molecule has 1 aliphatic heterocycles. The monoisotopic (exact) mass is 414 g/mol. The van der Waals surface area contributed by atoms with E-state index in [2.05, 4.69) is 4.98 Å². The van der Waals surface area contributed by atoms with E-state index in [-0.39, 0.29) is 18.0 Å². The molecule has 1 atom stereocenters. The maximum absolute atomic E-state index is 13.3. The molecule has 7 nitrogen and oxygen atoms in total. The third-order valence-electron chi connectivity index (χ3n) is 5.49. The van der Waals surface area contributed by atoms with Gasteiger partial charge in [-0.15, -0.1) is 0 Å². The Kier molecular flexibility index (Phi) is 7.15. The molecule has 1 fully saturated rings. The van der Waals surface area contributed by atoms with E-state index in [1.54, 1.807) is 43.2 Å². The highest BCUT2D eigenvalue weighted by Gasteiger charge is 2.26. The lowest BCUT2D eigenvalue weighted by Crippen LogP contribution is -2.37. The van der Waals surface area contributed by atoms with Crippen molar-refractivity contribution in [2.75, 3.05) is 26.9 Å². The summed E-state index contributed by atoms with van der Waals surface area (Å²) in [6.07, 6.45) is 1.96. The first-order chi connectivity index (χ1) is 14.4. The molecule has 3 rings (SSSR count). The van der Waals surface area contributed by atoms with Gasteiger partial charge in [0.25, 0.3) is 5.91 Å². The van der Waals surface area contributed by atoms with E-state index < -0.39 is 0 Å². The van der Waals surface area contributed by atoms with Crippen molar-refractivity contribution in [2.45, 2.75) is 46.3 Å².